The lowest BCUT2D eigenvalue weighted by molar-refractivity contribution is 0.234. The first-order valence-corrected chi connectivity index (χ1v) is 12.8. The molecule has 0 spiro atoms. The average molecular weight is 273 g/mol. The van der Waals surface area contributed by atoms with Gasteiger partial charge < -0.3 is 8.85 Å². The molecule has 0 radical (unpaired) electrons. The van der Waals surface area contributed by atoms with E-state index >= 15 is 0 Å². The second kappa shape index (κ2) is 5.02. The van der Waals surface area contributed by atoms with Crippen LogP contribution in [0, 0.1) is 5.41 Å². The first kappa shape index (κ1) is 16.5. The maximum Gasteiger partial charge on any atom is 0.241 e. The van der Waals surface area contributed by atoms with Gasteiger partial charge in [0.1, 0.15) is 0 Å². The predicted octanol–water partition coefficient (Wildman–Crippen LogP) is 4.74. The Bertz CT molecular complexity index is 276. The Morgan fingerprint density at radius 3 is 1.18 bits per heavy atom. The molecular formula is C13H28O2Si2. The molecular weight excluding hydrogens is 244 g/mol. The van der Waals surface area contributed by atoms with Gasteiger partial charge in [-0.3, -0.25) is 0 Å². The van der Waals surface area contributed by atoms with Crippen molar-refractivity contribution in [3.05, 3.63) is 24.7 Å². The van der Waals surface area contributed by atoms with E-state index in [2.05, 4.69) is 66.3 Å². The molecule has 0 aliphatic rings. The zero-order valence-electron chi connectivity index (χ0n) is 12.7. The monoisotopic (exact) mass is 272 g/mol. The van der Waals surface area contributed by atoms with Crippen LogP contribution in [-0.4, -0.2) is 16.6 Å². The van der Waals surface area contributed by atoms with Crippen LogP contribution >= 0.6 is 0 Å². The highest BCUT2D eigenvalue weighted by atomic mass is 28.4. The third kappa shape index (κ3) is 6.12. The Morgan fingerprint density at radius 1 is 0.765 bits per heavy atom. The summed E-state index contributed by atoms with van der Waals surface area (Å²) < 4.78 is 11.9. The van der Waals surface area contributed by atoms with Crippen LogP contribution in [0.5, 0.6) is 0 Å². The van der Waals surface area contributed by atoms with Gasteiger partial charge in [-0.25, -0.2) is 0 Å². The number of hydrogen-bond acceptors (Lipinski definition) is 2. The van der Waals surface area contributed by atoms with Gasteiger partial charge in [-0.2, -0.15) is 0 Å². The first-order chi connectivity index (χ1) is 7.26. The van der Waals surface area contributed by atoms with Crippen LogP contribution in [0.25, 0.3) is 0 Å². The molecule has 4 heteroatoms. The second-order valence-electron chi connectivity index (χ2n) is 6.90. The molecule has 0 amide bonds. The van der Waals surface area contributed by atoms with Crippen LogP contribution in [0.2, 0.25) is 39.3 Å². The lowest BCUT2D eigenvalue weighted by Gasteiger charge is -2.36. The fourth-order valence-electron chi connectivity index (χ4n) is 1.15. The van der Waals surface area contributed by atoms with E-state index in [-0.39, 0.29) is 5.41 Å². The van der Waals surface area contributed by atoms with E-state index in [4.69, 9.17) is 8.85 Å². The maximum absolute atomic E-state index is 5.96. The van der Waals surface area contributed by atoms with Gasteiger partial charge in [0.15, 0.2) is 0 Å². The van der Waals surface area contributed by atoms with Gasteiger partial charge >= 0.3 is 0 Å². The lowest BCUT2D eigenvalue weighted by Crippen LogP contribution is -2.34. The summed E-state index contributed by atoms with van der Waals surface area (Å²) in [6.07, 6.45) is 0. The highest BCUT2D eigenvalue weighted by molar-refractivity contribution is 6.70. The smallest absolute Gasteiger partial charge is 0.241 e. The van der Waals surface area contributed by atoms with Crippen molar-refractivity contribution in [2.45, 2.75) is 53.1 Å². The molecule has 100 valence electrons. The quantitative estimate of drug-likeness (QED) is 0.513. The van der Waals surface area contributed by atoms with E-state index in [9.17, 15) is 0 Å². The van der Waals surface area contributed by atoms with Crippen molar-refractivity contribution in [1.82, 2.24) is 0 Å². The molecule has 0 aromatic heterocycles. The Hall–Kier alpha value is -0.486. The van der Waals surface area contributed by atoms with Gasteiger partial charge in [-0.05, 0) is 53.1 Å². The summed E-state index contributed by atoms with van der Waals surface area (Å²) in [5.41, 5.74) is -0.333. The second-order valence-corrected chi connectivity index (χ2v) is 15.8. The molecule has 0 heterocycles. The van der Waals surface area contributed by atoms with Crippen molar-refractivity contribution in [2.24, 2.45) is 5.41 Å². The molecule has 0 fully saturated rings. The topological polar surface area (TPSA) is 18.5 Å². The van der Waals surface area contributed by atoms with Gasteiger partial charge in [0.2, 0.25) is 16.6 Å². The van der Waals surface area contributed by atoms with E-state index in [0.29, 0.717) is 0 Å². The molecule has 0 aromatic carbocycles. The number of rotatable bonds is 6. The summed E-state index contributed by atoms with van der Waals surface area (Å²) in [5.74, 6) is 1.53. The summed E-state index contributed by atoms with van der Waals surface area (Å²) in [6.45, 7) is 25.1. The van der Waals surface area contributed by atoms with E-state index in [1.807, 2.05) is 0 Å². The Labute approximate surface area is 109 Å². The molecule has 0 N–H and O–H groups in total. The standard InChI is InChI=1S/C13H28O2Si2/c1-11(14-16(5,6)7)13(3,4)12(2)15-17(8,9)10/h1-2H2,3-10H3. The zero-order chi connectivity index (χ0) is 14.1. The normalized spacial score (nSPS) is 13.2. The molecule has 2 nitrogen and oxygen atoms in total. The third-order valence-electron chi connectivity index (χ3n) is 2.25. The molecule has 0 rings (SSSR count). The molecule has 17 heavy (non-hydrogen) atoms. The SMILES string of the molecule is C=C(O[Si](C)(C)C)C(C)(C)C(=C)O[Si](C)(C)C. The van der Waals surface area contributed by atoms with E-state index in [0.717, 1.165) is 11.5 Å². The van der Waals surface area contributed by atoms with Crippen molar-refractivity contribution < 1.29 is 8.85 Å². The highest BCUT2D eigenvalue weighted by Gasteiger charge is 2.33. The van der Waals surface area contributed by atoms with Gasteiger partial charge in [-0.15, -0.1) is 0 Å². The average Bonchev–Trinajstić information content (AvgIpc) is 1.96. The largest absolute Gasteiger partial charge is 0.547 e. The predicted molar refractivity (Wildman–Crippen MR) is 80.9 cm³/mol. The fourth-order valence-corrected chi connectivity index (χ4v) is 3.14. The summed E-state index contributed by atoms with van der Waals surface area (Å²) in [4.78, 5) is 0. The number of hydrogen-bond donors (Lipinski definition) is 0. The summed E-state index contributed by atoms with van der Waals surface area (Å²) >= 11 is 0. The maximum atomic E-state index is 5.96. The van der Waals surface area contributed by atoms with Gasteiger partial charge in [0.05, 0.1) is 16.9 Å². The molecule has 0 saturated carbocycles. The summed E-state index contributed by atoms with van der Waals surface area (Å²) in [6, 6.07) is 0. The Morgan fingerprint density at radius 2 is 1.00 bits per heavy atom. The minimum Gasteiger partial charge on any atom is -0.547 e. The van der Waals surface area contributed by atoms with E-state index < -0.39 is 16.6 Å². The van der Waals surface area contributed by atoms with Crippen LogP contribution in [0.1, 0.15) is 13.8 Å². The van der Waals surface area contributed by atoms with E-state index in [1.165, 1.54) is 0 Å². The molecule has 0 unspecified atom stereocenters. The molecule has 0 aliphatic carbocycles. The Balaban J connectivity index is 4.78. The first-order valence-electron chi connectivity index (χ1n) is 6.02. The molecule has 0 atom stereocenters. The van der Waals surface area contributed by atoms with Crippen LogP contribution in [0.3, 0.4) is 0 Å². The molecule has 0 aromatic rings. The fraction of sp³-hybridized carbons (Fsp3) is 0.692. The summed E-state index contributed by atoms with van der Waals surface area (Å²) in [5, 5.41) is 0. The van der Waals surface area contributed by atoms with Crippen LogP contribution < -0.4 is 0 Å². The lowest BCUT2D eigenvalue weighted by atomic mass is 9.90. The van der Waals surface area contributed by atoms with Crippen molar-refractivity contribution in [2.75, 3.05) is 0 Å². The van der Waals surface area contributed by atoms with Gasteiger partial charge in [0, 0.05) is 0 Å². The van der Waals surface area contributed by atoms with Gasteiger partial charge in [0.25, 0.3) is 0 Å². The molecule has 0 aliphatic heterocycles. The Kier molecular flexibility index (Phi) is 4.88. The van der Waals surface area contributed by atoms with Crippen LogP contribution in [0.4, 0.5) is 0 Å². The molecule has 0 saturated heterocycles. The summed E-state index contributed by atoms with van der Waals surface area (Å²) in [7, 11) is -3.24. The van der Waals surface area contributed by atoms with Crippen molar-refractivity contribution in [1.29, 1.82) is 0 Å². The van der Waals surface area contributed by atoms with Crippen LogP contribution in [-0.2, 0) is 8.85 Å². The zero-order valence-corrected chi connectivity index (χ0v) is 14.7. The van der Waals surface area contributed by atoms with Gasteiger partial charge in [-0.1, -0.05) is 13.2 Å². The van der Waals surface area contributed by atoms with Crippen molar-refractivity contribution in [3.63, 3.8) is 0 Å². The third-order valence-corrected chi connectivity index (χ3v) is 3.97. The minimum absolute atomic E-state index is 0.333. The highest BCUT2D eigenvalue weighted by Crippen LogP contribution is 2.36. The minimum atomic E-state index is -1.62. The van der Waals surface area contributed by atoms with Crippen molar-refractivity contribution >= 4 is 16.6 Å². The van der Waals surface area contributed by atoms with Crippen molar-refractivity contribution in [3.8, 4) is 0 Å². The van der Waals surface area contributed by atoms with E-state index in [1.54, 1.807) is 0 Å². The van der Waals surface area contributed by atoms with Crippen LogP contribution in [0.15, 0.2) is 24.7 Å². The molecule has 0 bridgehead atoms.